The first-order chi connectivity index (χ1) is 12.0. The van der Waals surface area contributed by atoms with Crippen molar-refractivity contribution in [3.63, 3.8) is 0 Å². The molecule has 7 heteroatoms. The molecule has 1 fully saturated rings. The topological polar surface area (TPSA) is 52.1 Å². The van der Waals surface area contributed by atoms with E-state index in [-0.39, 0.29) is 29.5 Å². The maximum absolute atomic E-state index is 5.55. The number of hydrogen-bond acceptors (Lipinski definition) is 4. The van der Waals surface area contributed by atoms with Crippen LogP contribution in [0.3, 0.4) is 0 Å². The number of aliphatic imine (C=N–C) groups is 1. The molecule has 2 N–H and O–H groups in total. The Balaban J connectivity index is 0.00000625. The average molecular weight is 483 g/mol. The van der Waals surface area contributed by atoms with E-state index >= 15 is 0 Å². The summed E-state index contributed by atoms with van der Waals surface area (Å²) in [6.07, 6.45) is 4.49. The van der Waals surface area contributed by atoms with Gasteiger partial charge in [0, 0.05) is 38.4 Å². The predicted octanol–water partition coefficient (Wildman–Crippen LogP) is 2.39. The predicted molar refractivity (Wildman–Crippen MR) is 123 cm³/mol. The third-order valence-corrected chi connectivity index (χ3v) is 5.57. The molecule has 26 heavy (non-hydrogen) atoms. The van der Waals surface area contributed by atoms with Gasteiger partial charge >= 0.3 is 0 Å². The largest absolute Gasteiger partial charge is 0.381 e. The Morgan fingerprint density at radius 1 is 1.19 bits per heavy atom. The smallest absolute Gasteiger partial charge is 0.191 e. The van der Waals surface area contributed by atoms with Crippen molar-refractivity contribution in [3.8, 4) is 0 Å². The zero-order valence-corrected chi connectivity index (χ0v) is 20.1. The Kier molecular flexibility index (Phi) is 13.9. The van der Waals surface area contributed by atoms with Gasteiger partial charge in [-0.1, -0.05) is 13.8 Å². The highest BCUT2D eigenvalue weighted by Gasteiger charge is 2.34. The standard InChI is InChI=1S/C19H41N5O.HI/c1-7-24(8-2)13-9-10-17(3)22-18(20-4)21-16-19(23(5)6)11-14-25-15-12-19;/h17H,7-16H2,1-6H3,(H2,20,21,22);1H. The molecule has 6 nitrogen and oxygen atoms in total. The summed E-state index contributed by atoms with van der Waals surface area (Å²) in [4.78, 5) is 9.23. The molecule has 1 aliphatic rings. The fraction of sp³-hybridized carbons (Fsp3) is 0.947. The van der Waals surface area contributed by atoms with E-state index in [9.17, 15) is 0 Å². The molecule has 0 spiro atoms. The Morgan fingerprint density at radius 2 is 1.81 bits per heavy atom. The Labute approximate surface area is 178 Å². The number of nitrogens with one attached hydrogen (secondary N) is 2. The van der Waals surface area contributed by atoms with Gasteiger partial charge in [0.1, 0.15) is 0 Å². The van der Waals surface area contributed by atoms with E-state index in [1.807, 2.05) is 7.05 Å². The van der Waals surface area contributed by atoms with Crippen LogP contribution in [-0.4, -0.2) is 87.9 Å². The molecule has 0 bridgehead atoms. The fourth-order valence-electron chi connectivity index (χ4n) is 3.44. The van der Waals surface area contributed by atoms with Crippen molar-refractivity contribution in [2.75, 3.05) is 60.5 Å². The Bertz CT molecular complexity index is 382. The van der Waals surface area contributed by atoms with Crippen molar-refractivity contribution in [2.45, 2.75) is 58.0 Å². The summed E-state index contributed by atoms with van der Waals surface area (Å²) in [5.41, 5.74) is 0.155. The van der Waals surface area contributed by atoms with Crippen LogP contribution >= 0.6 is 24.0 Å². The van der Waals surface area contributed by atoms with Crippen LogP contribution in [0.4, 0.5) is 0 Å². The molecule has 1 aliphatic heterocycles. The lowest BCUT2D eigenvalue weighted by molar-refractivity contribution is -0.00502. The first-order valence-electron chi connectivity index (χ1n) is 9.92. The summed E-state index contributed by atoms with van der Waals surface area (Å²) in [5.74, 6) is 0.906. The minimum atomic E-state index is 0. The molecule has 0 aromatic heterocycles. The third kappa shape index (κ3) is 8.71. The number of likely N-dealkylation sites (N-methyl/N-ethyl adjacent to an activating group) is 1. The highest BCUT2D eigenvalue weighted by Crippen LogP contribution is 2.24. The molecule has 0 saturated carbocycles. The minimum Gasteiger partial charge on any atom is -0.381 e. The van der Waals surface area contributed by atoms with Crippen molar-refractivity contribution >= 4 is 29.9 Å². The second-order valence-electron chi connectivity index (χ2n) is 7.37. The second-order valence-corrected chi connectivity index (χ2v) is 7.37. The zero-order chi connectivity index (χ0) is 18.7. The van der Waals surface area contributed by atoms with Gasteiger partial charge in [0.15, 0.2) is 5.96 Å². The number of nitrogens with zero attached hydrogens (tertiary/aromatic N) is 3. The molecule has 0 amide bonds. The molecule has 0 aromatic rings. The van der Waals surface area contributed by atoms with Crippen LogP contribution in [0, 0.1) is 0 Å². The van der Waals surface area contributed by atoms with E-state index in [1.165, 1.54) is 13.0 Å². The second kappa shape index (κ2) is 14.0. The van der Waals surface area contributed by atoms with Crippen LogP contribution in [-0.2, 0) is 4.74 Å². The first-order valence-corrected chi connectivity index (χ1v) is 9.92. The maximum atomic E-state index is 5.55. The molecule has 0 aromatic carbocycles. The number of rotatable bonds is 10. The molecule has 156 valence electrons. The van der Waals surface area contributed by atoms with Gasteiger partial charge in [-0.3, -0.25) is 4.99 Å². The van der Waals surface area contributed by atoms with E-state index < -0.39 is 0 Å². The van der Waals surface area contributed by atoms with Crippen LogP contribution in [0.5, 0.6) is 0 Å². The van der Waals surface area contributed by atoms with Crippen LogP contribution < -0.4 is 10.6 Å². The van der Waals surface area contributed by atoms with Gasteiger partial charge in [-0.2, -0.15) is 0 Å². The number of halogens is 1. The van der Waals surface area contributed by atoms with Gasteiger partial charge in [-0.15, -0.1) is 24.0 Å². The molecular formula is C19H42IN5O. The third-order valence-electron chi connectivity index (χ3n) is 5.57. The van der Waals surface area contributed by atoms with E-state index in [4.69, 9.17) is 4.74 Å². The summed E-state index contributed by atoms with van der Waals surface area (Å²) in [6.45, 7) is 12.7. The van der Waals surface area contributed by atoms with Crippen LogP contribution in [0.1, 0.15) is 46.5 Å². The highest BCUT2D eigenvalue weighted by molar-refractivity contribution is 14.0. The number of ether oxygens (including phenoxy) is 1. The van der Waals surface area contributed by atoms with Crippen molar-refractivity contribution in [1.82, 2.24) is 20.4 Å². The highest BCUT2D eigenvalue weighted by atomic mass is 127. The Hall–Kier alpha value is -0.120. The van der Waals surface area contributed by atoms with Gasteiger partial charge in [-0.05, 0) is 66.3 Å². The first kappa shape index (κ1) is 25.9. The van der Waals surface area contributed by atoms with Crippen LogP contribution in [0.25, 0.3) is 0 Å². The number of guanidine groups is 1. The van der Waals surface area contributed by atoms with E-state index in [0.29, 0.717) is 6.04 Å². The zero-order valence-electron chi connectivity index (χ0n) is 17.8. The molecule has 1 atom stereocenters. The van der Waals surface area contributed by atoms with Crippen LogP contribution in [0.2, 0.25) is 0 Å². The SMILES string of the molecule is CCN(CC)CCCC(C)NC(=NC)NCC1(N(C)C)CCOCC1.I. The van der Waals surface area contributed by atoms with Gasteiger partial charge in [-0.25, -0.2) is 0 Å². The molecule has 1 unspecified atom stereocenters. The number of hydrogen-bond donors (Lipinski definition) is 2. The fourth-order valence-corrected chi connectivity index (χ4v) is 3.44. The van der Waals surface area contributed by atoms with E-state index in [2.05, 4.69) is 60.3 Å². The molecule has 0 radical (unpaired) electrons. The lowest BCUT2D eigenvalue weighted by atomic mass is 9.88. The monoisotopic (exact) mass is 483 g/mol. The van der Waals surface area contributed by atoms with Crippen molar-refractivity contribution in [2.24, 2.45) is 4.99 Å². The molecule has 0 aliphatic carbocycles. The Morgan fingerprint density at radius 3 is 2.31 bits per heavy atom. The summed E-state index contributed by atoms with van der Waals surface area (Å²) in [7, 11) is 6.18. The van der Waals surface area contributed by atoms with Crippen molar-refractivity contribution < 1.29 is 4.74 Å². The lowest BCUT2D eigenvalue weighted by Gasteiger charge is -2.43. The van der Waals surface area contributed by atoms with Gasteiger partial charge in [0.25, 0.3) is 0 Å². The van der Waals surface area contributed by atoms with E-state index in [0.717, 1.165) is 58.1 Å². The lowest BCUT2D eigenvalue weighted by Crippen LogP contribution is -2.57. The van der Waals surface area contributed by atoms with E-state index in [1.54, 1.807) is 0 Å². The summed E-state index contributed by atoms with van der Waals surface area (Å²) >= 11 is 0. The van der Waals surface area contributed by atoms with Gasteiger partial charge < -0.3 is 25.2 Å². The van der Waals surface area contributed by atoms with Crippen LogP contribution in [0.15, 0.2) is 4.99 Å². The summed E-state index contributed by atoms with van der Waals surface area (Å²) in [6, 6.07) is 0.423. The molecule has 1 heterocycles. The maximum Gasteiger partial charge on any atom is 0.191 e. The molecule has 1 rings (SSSR count). The van der Waals surface area contributed by atoms with Crippen molar-refractivity contribution in [1.29, 1.82) is 0 Å². The van der Waals surface area contributed by atoms with Crippen molar-refractivity contribution in [3.05, 3.63) is 0 Å². The normalized spacial score (nSPS) is 18.5. The molecule has 1 saturated heterocycles. The molecular weight excluding hydrogens is 441 g/mol. The van der Waals surface area contributed by atoms with Gasteiger partial charge in [0.05, 0.1) is 0 Å². The van der Waals surface area contributed by atoms with Gasteiger partial charge in [0.2, 0.25) is 0 Å². The minimum absolute atomic E-state index is 0. The summed E-state index contributed by atoms with van der Waals surface area (Å²) in [5, 5.41) is 7.09. The average Bonchev–Trinajstić information content (AvgIpc) is 2.62. The quantitative estimate of drug-likeness (QED) is 0.284. The summed E-state index contributed by atoms with van der Waals surface area (Å²) < 4.78 is 5.55.